The normalized spacial score (nSPS) is 18.2. The maximum Gasteiger partial charge on any atom is 4.00 e. The van der Waals surface area contributed by atoms with Crippen molar-refractivity contribution in [2.45, 2.75) is 21.9 Å². The van der Waals surface area contributed by atoms with Gasteiger partial charge in [0.1, 0.15) is 0 Å². The van der Waals surface area contributed by atoms with Crippen molar-refractivity contribution >= 4 is 78.3 Å². The van der Waals surface area contributed by atoms with Gasteiger partial charge < -0.3 is 34.6 Å². The van der Waals surface area contributed by atoms with E-state index in [0.29, 0.717) is 0 Å². The van der Waals surface area contributed by atoms with Crippen LogP contribution in [-0.4, -0.2) is 26.2 Å². The quantitative estimate of drug-likeness (QED) is 0.231. The number of hydrogen-bond donors (Lipinski definition) is 0. The Bertz CT molecular complexity index is 1820. The van der Waals surface area contributed by atoms with Gasteiger partial charge in [-0.25, -0.2) is 0 Å². The Morgan fingerprint density at radius 1 is 0.700 bits per heavy atom. The summed E-state index contributed by atoms with van der Waals surface area (Å²) in [6.07, 6.45) is 4.80. The second kappa shape index (κ2) is 11.1. The first-order valence-electron chi connectivity index (χ1n) is 12.3. The molecule has 2 nitrogen and oxygen atoms in total. The third-order valence-electron chi connectivity index (χ3n) is 8.05. The molecule has 8 heteroatoms. The number of fused-ring (bicyclic) bond motifs is 8. The van der Waals surface area contributed by atoms with Crippen molar-refractivity contribution in [1.29, 1.82) is 0 Å². The molecule has 8 rings (SSSR count). The van der Waals surface area contributed by atoms with Gasteiger partial charge in [-0.3, -0.25) is 0 Å². The zero-order valence-corrected chi connectivity index (χ0v) is 29.4. The zero-order chi connectivity index (χ0) is 25.0. The minimum Gasteiger partial charge on any atom is -1.00 e. The van der Waals surface area contributed by atoms with Gasteiger partial charge in [-0.15, -0.1) is 79.4 Å². The fourth-order valence-electron chi connectivity index (χ4n) is 6.40. The first-order chi connectivity index (χ1) is 18.0. The summed E-state index contributed by atoms with van der Waals surface area (Å²) < 4.78 is 2.13. The van der Waals surface area contributed by atoms with Crippen molar-refractivity contribution in [2.24, 2.45) is 0 Å². The standard InChI is InChI=1S/C32H20Br2N2S.2ClH.Zr/c1-35-23-15-19(33)9-11-21(23)31-25(35)13-17-5-3-7-27(29(17)31)37-28-8-4-6-18-14-26-32(30(18)28)22-12-10-20(34)16-24(22)36(26)2;;;/h3-10,13-16,25-26H,1-2H3;2*1H;/q-2;;;+4/p-2. The van der Waals surface area contributed by atoms with E-state index >= 15 is 0 Å². The van der Waals surface area contributed by atoms with Crippen molar-refractivity contribution < 1.29 is 51.0 Å². The molecule has 0 fully saturated rings. The topological polar surface area (TPSA) is 6.48 Å². The van der Waals surface area contributed by atoms with Gasteiger partial charge in [0.05, 0.1) is 0 Å². The number of benzene rings is 4. The van der Waals surface area contributed by atoms with Crippen LogP contribution in [0.15, 0.2) is 79.4 Å². The maximum absolute atomic E-state index is 3.64. The van der Waals surface area contributed by atoms with Crippen LogP contribution in [0.1, 0.15) is 11.1 Å². The van der Waals surface area contributed by atoms with Crippen LogP contribution < -0.4 is 55.5 Å². The Balaban J connectivity index is 0.00000108. The van der Waals surface area contributed by atoms with E-state index in [-0.39, 0.29) is 63.1 Å². The molecule has 40 heavy (non-hydrogen) atoms. The molecule has 2 aliphatic carbocycles. The first kappa shape index (κ1) is 30.2. The van der Waals surface area contributed by atoms with E-state index < -0.39 is 0 Å². The van der Waals surface area contributed by atoms with E-state index in [1.165, 1.54) is 64.3 Å². The van der Waals surface area contributed by atoms with Gasteiger partial charge in [-0.1, -0.05) is 68.3 Å². The maximum atomic E-state index is 3.64. The van der Waals surface area contributed by atoms with Crippen molar-refractivity contribution in [2.75, 3.05) is 23.9 Å². The van der Waals surface area contributed by atoms with E-state index in [9.17, 15) is 0 Å². The number of anilines is 2. The Morgan fingerprint density at radius 3 is 1.55 bits per heavy atom. The smallest absolute Gasteiger partial charge is 1.00 e. The summed E-state index contributed by atoms with van der Waals surface area (Å²) in [6, 6.07) is 29.6. The zero-order valence-electron chi connectivity index (χ0n) is 21.4. The molecule has 0 N–H and O–H groups in total. The summed E-state index contributed by atoms with van der Waals surface area (Å²) in [4.78, 5) is 7.34. The second-order valence-electron chi connectivity index (χ2n) is 9.97. The second-order valence-corrected chi connectivity index (χ2v) is 12.9. The van der Waals surface area contributed by atoms with Gasteiger partial charge in [0.25, 0.3) is 0 Å². The predicted molar refractivity (Wildman–Crippen MR) is 160 cm³/mol. The summed E-state index contributed by atoms with van der Waals surface area (Å²) in [5.74, 6) is 0. The van der Waals surface area contributed by atoms with Crippen LogP contribution in [0.5, 0.6) is 0 Å². The van der Waals surface area contributed by atoms with Crippen LogP contribution in [0.2, 0.25) is 0 Å². The molecule has 0 spiro atoms. The minimum atomic E-state index is 0. The first-order valence-corrected chi connectivity index (χ1v) is 14.7. The SMILES string of the molecule is CN1c2cc(Br)c[c-]c2C2=c3c(Sc4cccc5c4=C4c6[c-]cc(Br)cc6N(C)C4C=5)cccc3=CC21.[Cl-].[Cl-].[Zr+4]. The number of hydrogen-bond acceptors (Lipinski definition) is 3. The third-order valence-corrected chi connectivity index (χ3v) is 10.1. The molecule has 4 aromatic carbocycles. The van der Waals surface area contributed by atoms with Crippen molar-refractivity contribution in [3.63, 3.8) is 0 Å². The van der Waals surface area contributed by atoms with Gasteiger partial charge in [0.2, 0.25) is 0 Å². The molecule has 0 bridgehead atoms. The molecular weight excluding hydrogens is 766 g/mol. The molecule has 2 aliphatic heterocycles. The summed E-state index contributed by atoms with van der Waals surface area (Å²) in [7, 11) is 4.37. The summed E-state index contributed by atoms with van der Waals surface area (Å²) in [5, 5.41) is 5.32. The Labute approximate surface area is 286 Å². The number of nitrogens with zero attached hydrogens (tertiary/aromatic N) is 2. The van der Waals surface area contributed by atoms with E-state index in [4.69, 9.17) is 0 Å². The van der Waals surface area contributed by atoms with Crippen molar-refractivity contribution in [1.82, 2.24) is 0 Å². The molecule has 2 unspecified atom stereocenters. The van der Waals surface area contributed by atoms with E-state index in [1.807, 2.05) is 23.9 Å². The number of likely N-dealkylation sites (N-methyl/N-ethyl adjacent to an activating group) is 2. The molecule has 196 valence electrons. The fourth-order valence-corrected chi connectivity index (χ4v) is 8.26. The van der Waals surface area contributed by atoms with Crippen LogP contribution in [0, 0.1) is 12.1 Å². The Morgan fingerprint density at radius 2 is 1.12 bits per heavy atom. The molecule has 0 saturated heterocycles. The number of rotatable bonds is 2. The van der Waals surface area contributed by atoms with E-state index in [0.717, 1.165) is 8.95 Å². The monoisotopic (exact) mass is 782 g/mol. The average Bonchev–Trinajstić information content (AvgIpc) is 3.60. The third kappa shape index (κ3) is 4.28. The van der Waals surface area contributed by atoms with Gasteiger partial charge in [-0.2, -0.15) is 0 Å². The summed E-state index contributed by atoms with van der Waals surface area (Å²) in [5.41, 5.74) is 7.64. The van der Waals surface area contributed by atoms with Crippen LogP contribution >= 0.6 is 43.6 Å². The van der Waals surface area contributed by atoms with Gasteiger partial charge in [-0.05, 0) is 58.5 Å². The van der Waals surface area contributed by atoms with Crippen molar-refractivity contribution in [3.05, 3.63) is 114 Å². The molecule has 4 aromatic rings. The molecule has 0 radical (unpaired) electrons. The fraction of sp³-hybridized carbons (Fsp3) is 0.125. The molecular formula is C32H20Br2Cl2N2SZr. The van der Waals surface area contributed by atoms with Gasteiger partial charge in [0.15, 0.2) is 0 Å². The molecule has 2 atom stereocenters. The largest absolute Gasteiger partial charge is 4.00 e. The van der Waals surface area contributed by atoms with Crippen LogP contribution in [0.25, 0.3) is 23.3 Å². The molecule has 2 heterocycles. The van der Waals surface area contributed by atoms with Gasteiger partial charge >= 0.3 is 26.2 Å². The van der Waals surface area contributed by atoms with Crippen LogP contribution in [0.3, 0.4) is 0 Å². The number of halogens is 4. The summed E-state index contributed by atoms with van der Waals surface area (Å²) >= 11 is 9.16. The predicted octanol–water partition coefficient (Wildman–Crippen LogP) is -1.41. The Kier molecular flexibility index (Phi) is 8.38. The molecule has 0 saturated carbocycles. The van der Waals surface area contributed by atoms with Crippen LogP contribution in [-0.2, 0) is 26.2 Å². The minimum absolute atomic E-state index is 0. The molecule has 0 amide bonds. The average molecular weight is 787 g/mol. The summed E-state index contributed by atoms with van der Waals surface area (Å²) in [6.45, 7) is 0. The van der Waals surface area contributed by atoms with E-state index in [2.05, 4.69) is 129 Å². The molecule has 0 aromatic heterocycles. The Hall–Kier alpha value is -1.27. The van der Waals surface area contributed by atoms with Crippen molar-refractivity contribution in [3.8, 4) is 0 Å². The van der Waals surface area contributed by atoms with Crippen LogP contribution in [0.4, 0.5) is 11.4 Å². The van der Waals surface area contributed by atoms with Gasteiger partial charge in [0, 0.05) is 21.9 Å². The molecule has 4 aliphatic rings. The van der Waals surface area contributed by atoms with E-state index in [1.54, 1.807) is 0 Å².